The number of H-pyrrole nitrogens is 1. The number of amides is 1. The Hall–Kier alpha value is -2.61. The van der Waals surface area contributed by atoms with Crippen LogP contribution in [0.2, 0.25) is 0 Å². The van der Waals surface area contributed by atoms with Crippen molar-refractivity contribution in [3.05, 3.63) is 42.2 Å². The lowest BCUT2D eigenvalue weighted by molar-refractivity contribution is -0.115. The van der Waals surface area contributed by atoms with Gasteiger partial charge in [0.15, 0.2) is 11.6 Å². The van der Waals surface area contributed by atoms with Gasteiger partial charge >= 0.3 is 0 Å². The molecule has 124 valence electrons. The molecule has 3 aromatic rings. The van der Waals surface area contributed by atoms with Crippen molar-refractivity contribution in [3.8, 4) is 11.4 Å². The van der Waals surface area contributed by atoms with Crippen LogP contribution in [0, 0.1) is 6.92 Å². The molecule has 2 N–H and O–H groups in total. The van der Waals surface area contributed by atoms with Gasteiger partial charge in [0.1, 0.15) is 5.76 Å². The summed E-state index contributed by atoms with van der Waals surface area (Å²) < 4.78 is 4.95. The fraction of sp³-hybridized carbons (Fsp3) is 0.250. The Morgan fingerprint density at radius 1 is 1.38 bits per heavy atom. The van der Waals surface area contributed by atoms with Crippen molar-refractivity contribution in [2.24, 2.45) is 0 Å². The lowest BCUT2D eigenvalue weighted by atomic mass is 10.2. The van der Waals surface area contributed by atoms with E-state index < -0.39 is 0 Å². The molecular formula is C16H17N5O2S. The maximum atomic E-state index is 12.4. The van der Waals surface area contributed by atoms with E-state index in [1.165, 1.54) is 11.8 Å². The van der Waals surface area contributed by atoms with Crippen LogP contribution < -0.4 is 5.32 Å². The molecule has 0 saturated carbocycles. The molecule has 0 aliphatic rings. The molecule has 0 unspecified atom stereocenters. The third-order valence-electron chi connectivity index (χ3n) is 3.30. The first-order valence-electron chi connectivity index (χ1n) is 7.54. The second-order valence-electron chi connectivity index (χ2n) is 5.16. The monoisotopic (exact) mass is 343 g/mol. The first-order chi connectivity index (χ1) is 11.7. The SMILES string of the molecule is CC[C@H](Sc1n[nH]c(-c2ccccc2)n1)C(=O)Nc1cc(C)on1. The number of aromatic nitrogens is 4. The van der Waals surface area contributed by atoms with Crippen molar-refractivity contribution in [2.45, 2.75) is 30.7 Å². The summed E-state index contributed by atoms with van der Waals surface area (Å²) in [6.07, 6.45) is 0.641. The highest BCUT2D eigenvalue weighted by Gasteiger charge is 2.21. The summed E-state index contributed by atoms with van der Waals surface area (Å²) in [6.45, 7) is 3.71. The van der Waals surface area contributed by atoms with Gasteiger partial charge in [-0.3, -0.25) is 9.89 Å². The average molecular weight is 343 g/mol. The second kappa shape index (κ2) is 7.31. The number of thioether (sulfide) groups is 1. The first kappa shape index (κ1) is 16.3. The average Bonchev–Trinajstić information content (AvgIpc) is 3.22. The van der Waals surface area contributed by atoms with Crippen LogP contribution in [-0.4, -0.2) is 31.5 Å². The summed E-state index contributed by atoms with van der Waals surface area (Å²) in [5.41, 5.74) is 0.951. The number of carbonyl (C=O) groups excluding carboxylic acids is 1. The van der Waals surface area contributed by atoms with Crippen LogP contribution in [0.3, 0.4) is 0 Å². The summed E-state index contributed by atoms with van der Waals surface area (Å²) in [4.78, 5) is 16.8. The number of benzene rings is 1. The Labute approximate surface area is 143 Å². The molecule has 24 heavy (non-hydrogen) atoms. The molecule has 0 spiro atoms. The number of nitrogens with zero attached hydrogens (tertiary/aromatic N) is 3. The van der Waals surface area contributed by atoms with Gasteiger partial charge in [-0.1, -0.05) is 54.2 Å². The summed E-state index contributed by atoms with van der Waals surface area (Å²) in [6, 6.07) is 11.4. The molecule has 2 aromatic heterocycles. The fourth-order valence-electron chi connectivity index (χ4n) is 2.11. The highest BCUT2D eigenvalue weighted by atomic mass is 32.2. The number of anilines is 1. The molecule has 1 amide bonds. The molecule has 2 heterocycles. The van der Waals surface area contributed by atoms with E-state index in [4.69, 9.17) is 4.52 Å². The van der Waals surface area contributed by atoms with E-state index in [0.717, 1.165) is 5.56 Å². The maximum absolute atomic E-state index is 12.4. The van der Waals surface area contributed by atoms with Gasteiger partial charge in [0, 0.05) is 11.6 Å². The Morgan fingerprint density at radius 2 is 2.17 bits per heavy atom. The molecule has 0 bridgehead atoms. The number of aryl methyl sites for hydroxylation is 1. The molecule has 1 aromatic carbocycles. The third kappa shape index (κ3) is 3.83. The van der Waals surface area contributed by atoms with E-state index in [9.17, 15) is 4.79 Å². The van der Waals surface area contributed by atoms with E-state index in [2.05, 4.69) is 25.7 Å². The van der Waals surface area contributed by atoms with Crippen LogP contribution in [0.25, 0.3) is 11.4 Å². The van der Waals surface area contributed by atoms with E-state index in [1.807, 2.05) is 37.3 Å². The second-order valence-corrected chi connectivity index (χ2v) is 6.33. The summed E-state index contributed by atoms with van der Waals surface area (Å²) >= 11 is 1.31. The maximum Gasteiger partial charge on any atom is 0.239 e. The highest BCUT2D eigenvalue weighted by molar-refractivity contribution is 8.00. The van der Waals surface area contributed by atoms with Crippen LogP contribution in [0.5, 0.6) is 0 Å². The van der Waals surface area contributed by atoms with Crippen molar-refractivity contribution < 1.29 is 9.32 Å². The van der Waals surface area contributed by atoms with Crippen LogP contribution >= 0.6 is 11.8 Å². The molecule has 1 atom stereocenters. The van der Waals surface area contributed by atoms with Gasteiger partial charge < -0.3 is 9.84 Å². The van der Waals surface area contributed by atoms with Crippen LogP contribution in [-0.2, 0) is 4.79 Å². The van der Waals surface area contributed by atoms with Gasteiger partial charge in [0.2, 0.25) is 11.1 Å². The van der Waals surface area contributed by atoms with Crippen molar-refractivity contribution in [1.29, 1.82) is 0 Å². The zero-order valence-electron chi connectivity index (χ0n) is 13.3. The van der Waals surface area contributed by atoms with E-state index in [1.54, 1.807) is 13.0 Å². The number of carbonyl (C=O) groups is 1. The topological polar surface area (TPSA) is 96.7 Å². The van der Waals surface area contributed by atoms with Crippen LogP contribution in [0.1, 0.15) is 19.1 Å². The molecule has 3 rings (SSSR count). The largest absolute Gasteiger partial charge is 0.360 e. The highest BCUT2D eigenvalue weighted by Crippen LogP contribution is 2.25. The molecular weight excluding hydrogens is 326 g/mol. The molecule has 0 radical (unpaired) electrons. The normalized spacial score (nSPS) is 12.1. The van der Waals surface area contributed by atoms with Gasteiger partial charge in [-0.15, -0.1) is 5.10 Å². The molecule has 0 aliphatic carbocycles. The van der Waals surface area contributed by atoms with Gasteiger partial charge in [0.05, 0.1) is 5.25 Å². The van der Waals surface area contributed by atoms with E-state index in [0.29, 0.717) is 29.0 Å². The minimum Gasteiger partial charge on any atom is -0.360 e. The van der Waals surface area contributed by atoms with Crippen LogP contribution in [0.15, 0.2) is 46.1 Å². The zero-order chi connectivity index (χ0) is 16.9. The summed E-state index contributed by atoms with van der Waals surface area (Å²) in [7, 11) is 0. The van der Waals surface area contributed by atoms with Crippen molar-refractivity contribution in [2.75, 3.05) is 5.32 Å². The lowest BCUT2D eigenvalue weighted by Gasteiger charge is -2.10. The van der Waals surface area contributed by atoms with Crippen LogP contribution in [0.4, 0.5) is 5.82 Å². The molecule has 0 fully saturated rings. The summed E-state index contributed by atoms with van der Waals surface area (Å²) in [5, 5.41) is 13.8. The zero-order valence-corrected chi connectivity index (χ0v) is 14.1. The number of nitrogens with one attached hydrogen (secondary N) is 2. The quantitative estimate of drug-likeness (QED) is 0.667. The number of hydrogen-bond acceptors (Lipinski definition) is 6. The predicted octanol–water partition coefficient (Wildman–Crippen LogP) is 3.28. The third-order valence-corrected chi connectivity index (χ3v) is 4.53. The Bertz CT molecular complexity index is 815. The van der Waals surface area contributed by atoms with Crippen molar-refractivity contribution in [1.82, 2.24) is 20.3 Å². The lowest BCUT2D eigenvalue weighted by Crippen LogP contribution is -2.24. The van der Waals surface area contributed by atoms with Gasteiger partial charge in [0.25, 0.3) is 0 Å². The van der Waals surface area contributed by atoms with Crippen molar-refractivity contribution in [3.63, 3.8) is 0 Å². The molecule has 8 heteroatoms. The van der Waals surface area contributed by atoms with Gasteiger partial charge in [-0.2, -0.15) is 0 Å². The molecule has 7 nitrogen and oxygen atoms in total. The predicted molar refractivity (Wildman–Crippen MR) is 91.6 cm³/mol. The summed E-state index contributed by atoms with van der Waals surface area (Å²) in [5.74, 6) is 1.59. The standard InChI is InChI=1S/C16H17N5O2S/c1-3-12(15(22)17-13-9-10(2)23-21-13)24-16-18-14(19-20-16)11-7-5-4-6-8-11/h4-9,12H,3H2,1-2H3,(H,17,21,22)(H,18,19,20)/t12-/m0/s1. The Balaban J connectivity index is 1.67. The fourth-order valence-corrected chi connectivity index (χ4v) is 2.94. The van der Waals surface area contributed by atoms with E-state index in [-0.39, 0.29) is 11.2 Å². The first-order valence-corrected chi connectivity index (χ1v) is 8.42. The smallest absolute Gasteiger partial charge is 0.239 e. The molecule has 0 aliphatic heterocycles. The Kier molecular flexibility index (Phi) is 4.95. The Morgan fingerprint density at radius 3 is 2.83 bits per heavy atom. The number of aromatic amines is 1. The molecule has 0 saturated heterocycles. The van der Waals surface area contributed by atoms with Gasteiger partial charge in [-0.05, 0) is 13.3 Å². The van der Waals surface area contributed by atoms with Gasteiger partial charge in [-0.25, -0.2) is 4.98 Å². The van der Waals surface area contributed by atoms with Crippen molar-refractivity contribution >= 4 is 23.5 Å². The minimum absolute atomic E-state index is 0.151. The minimum atomic E-state index is -0.318. The number of rotatable bonds is 6. The number of hydrogen-bond donors (Lipinski definition) is 2. The van der Waals surface area contributed by atoms with E-state index >= 15 is 0 Å².